The normalized spacial score (nSPS) is 19.8. The number of benzene rings is 2. The molecule has 3 aliphatic rings. The van der Waals surface area contributed by atoms with E-state index in [-0.39, 0.29) is 47.8 Å². The Kier molecular flexibility index (Phi) is 8.06. The molecule has 0 spiro atoms. The second-order valence-electron chi connectivity index (χ2n) is 8.74. The summed E-state index contributed by atoms with van der Waals surface area (Å²) in [6.45, 7) is 4.18. The van der Waals surface area contributed by atoms with Crippen molar-refractivity contribution in [1.82, 2.24) is 15.1 Å². The Morgan fingerprint density at radius 1 is 1.05 bits per heavy atom. The Morgan fingerprint density at radius 3 is 2.57 bits per heavy atom. The molecule has 5 rings (SSSR count). The highest BCUT2D eigenvalue weighted by Gasteiger charge is 2.45. The van der Waals surface area contributed by atoms with Gasteiger partial charge < -0.3 is 14.8 Å². The SMILES string of the molecule is Cl.O=C1CCC(N2C(=O)c3cccc(Nc4ccc(OCCN5CCOCC5)cc4F)c3C2=O)C(=O)N1. The minimum Gasteiger partial charge on any atom is -0.492 e. The van der Waals surface area contributed by atoms with Crippen molar-refractivity contribution in [2.45, 2.75) is 18.9 Å². The Hall–Kier alpha value is -3.54. The number of fused-ring (bicyclic) bond motifs is 1. The fourth-order valence-corrected chi connectivity index (χ4v) is 4.57. The molecule has 12 heteroatoms. The maximum Gasteiger partial charge on any atom is 0.264 e. The first-order valence-electron chi connectivity index (χ1n) is 11.8. The predicted octanol–water partition coefficient (Wildman–Crippen LogP) is 2.10. The highest BCUT2D eigenvalue weighted by atomic mass is 35.5. The van der Waals surface area contributed by atoms with Crippen molar-refractivity contribution in [2.75, 3.05) is 44.8 Å². The van der Waals surface area contributed by atoms with E-state index in [9.17, 15) is 23.6 Å². The van der Waals surface area contributed by atoms with Crippen LogP contribution in [0.4, 0.5) is 15.8 Å². The molecule has 2 fully saturated rings. The van der Waals surface area contributed by atoms with E-state index >= 15 is 0 Å². The first kappa shape index (κ1) is 26.5. The van der Waals surface area contributed by atoms with E-state index in [1.165, 1.54) is 18.2 Å². The van der Waals surface area contributed by atoms with Crippen LogP contribution in [0.5, 0.6) is 5.75 Å². The maximum atomic E-state index is 14.9. The number of nitrogens with one attached hydrogen (secondary N) is 2. The summed E-state index contributed by atoms with van der Waals surface area (Å²) in [6.07, 6.45) is 0.0848. The summed E-state index contributed by atoms with van der Waals surface area (Å²) in [5, 5.41) is 5.06. The number of imide groups is 2. The zero-order chi connectivity index (χ0) is 25.2. The molecular weight excluding hydrogens is 507 g/mol. The molecule has 2 aromatic carbocycles. The Morgan fingerprint density at radius 2 is 1.84 bits per heavy atom. The number of halogens is 2. The third-order valence-electron chi connectivity index (χ3n) is 6.46. The molecular formula is C25H26ClFN4O6. The van der Waals surface area contributed by atoms with E-state index in [2.05, 4.69) is 15.5 Å². The second-order valence-corrected chi connectivity index (χ2v) is 8.74. The van der Waals surface area contributed by atoms with E-state index in [0.717, 1.165) is 18.0 Å². The molecule has 2 saturated heterocycles. The smallest absolute Gasteiger partial charge is 0.264 e. The van der Waals surface area contributed by atoms with Crippen LogP contribution in [0, 0.1) is 5.82 Å². The Bertz CT molecular complexity index is 1240. The van der Waals surface area contributed by atoms with Crippen molar-refractivity contribution < 1.29 is 33.0 Å². The molecule has 0 bridgehead atoms. The molecule has 4 amide bonds. The highest BCUT2D eigenvalue weighted by Crippen LogP contribution is 2.34. The lowest BCUT2D eigenvalue weighted by molar-refractivity contribution is -0.136. The van der Waals surface area contributed by atoms with Crippen molar-refractivity contribution in [2.24, 2.45) is 0 Å². The van der Waals surface area contributed by atoms with Gasteiger partial charge in [0.1, 0.15) is 24.2 Å². The third-order valence-corrected chi connectivity index (χ3v) is 6.46. The molecule has 0 aliphatic carbocycles. The number of morpholine rings is 1. The van der Waals surface area contributed by atoms with Gasteiger partial charge in [-0.05, 0) is 30.7 Å². The van der Waals surface area contributed by atoms with E-state index in [4.69, 9.17) is 9.47 Å². The van der Waals surface area contributed by atoms with E-state index in [1.54, 1.807) is 18.2 Å². The molecule has 1 atom stereocenters. The van der Waals surface area contributed by atoms with Gasteiger partial charge in [0.25, 0.3) is 11.8 Å². The number of carbonyl (C=O) groups is 4. The Labute approximate surface area is 218 Å². The van der Waals surface area contributed by atoms with Crippen LogP contribution < -0.4 is 15.4 Å². The number of piperidine rings is 1. The van der Waals surface area contributed by atoms with Crippen LogP contribution in [0.3, 0.4) is 0 Å². The first-order valence-corrected chi connectivity index (χ1v) is 11.8. The molecule has 0 radical (unpaired) electrons. The van der Waals surface area contributed by atoms with Crippen LogP contribution >= 0.6 is 12.4 Å². The zero-order valence-corrected chi connectivity index (χ0v) is 20.6. The standard InChI is InChI=1S/C25H25FN4O6.ClH/c26-17-14-15(36-13-10-29-8-11-35-12-9-29)4-5-18(17)27-19-3-1-2-16-22(19)25(34)30(24(16)33)20-6-7-21(31)28-23(20)32;/h1-5,14,20,27H,6-13H2,(H,28,31,32);1H. The fourth-order valence-electron chi connectivity index (χ4n) is 4.57. The number of carbonyl (C=O) groups excluding carboxylic acids is 4. The molecule has 3 heterocycles. The van der Waals surface area contributed by atoms with Crippen LogP contribution in [0.2, 0.25) is 0 Å². The molecule has 37 heavy (non-hydrogen) atoms. The largest absolute Gasteiger partial charge is 0.492 e. The van der Waals surface area contributed by atoms with Crippen LogP contribution in [0.25, 0.3) is 0 Å². The predicted molar refractivity (Wildman–Crippen MR) is 133 cm³/mol. The molecule has 196 valence electrons. The molecule has 2 N–H and O–H groups in total. The molecule has 10 nitrogen and oxygen atoms in total. The monoisotopic (exact) mass is 532 g/mol. The summed E-state index contributed by atoms with van der Waals surface area (Å²) in [6, 6.07) is 7.91. The zero-order valence-electron chi connectivity index (χ0n) is 19.8. The van der Waals surface area contributed by atoms with Gasteiger partial charge in [0.2, 0.25) is 11.8 Å². The molecule has 2 aromatic rings. The van der Waals surface area contributed by atoms with E-state index in [1.807, 2.05) is 0 Å². The summed E-state index contributed by atoms with van der Waals surface area (Å²) in [5.41, 5.74) is 0.500. The summed E-state index contributed by atoms with van der Waals surface area (Å²) >= 11 is 0. The molecule has 3 aliphatic heterocycles. The number of amides is 4. The van der Waals surface area contributed by atoms with E-state index in [0.29, 0.717) is 32.1 Å². The average Bonchev–Trinajstić information content (AvgIpc) is 3.12. The maximum absolute atomic E-state index is 14.9. The van der Waals surface area contributed by atoms with Gasteiger partial charge in [-0.1, -0.05) is 6.07 Å². The lowest BCUT2D eigenvalue weighted by Crippen LogP contribution is -2.54. The number of nitrogens with zero attached hydrogens (tertiary/aromatic N) is 2. The van der Waals surface area contributed by atoms with Crippen LogP contribution in [0.1, 0.15) is 33.6 Å². The minimum absolute atomic E-state index is 0. The molecule has 0 saturated carbocycles. The third kappa shape index (κ3) is 5.43. The lowest BCUT2D eigenvalue weighted by Gasteiger charge is -2.27. The Balaban J connectivity index is 0.00000320. The van der Waals surface area contributed by atoms with Gasteiger partial charge in [0, 0.05) is 32.1 Å². The van der Waals surface area contributed by atoms with Gasteiger partial charge in [0.05, 0.1) is 35.7 Å². The quantitative estimate of drug-likeness (QED) is 0.521. The van der Waals surface area contributed by atoms with Gasteiger partial charge in [-0.15, -0.1) is 12.4 Å². The topological polar surface area (TPSA) is 117 Å². The van der Waals surface area contributed by atoms with E-state index < -0.39 is 35.5 Å². The number of ether oxygens (including phenoxy) is 2. The summed E-state index contributed by atoms with van der Waals surface area (Å²) in [4.78, 5) is 53.0. The van der Waals surface area contributed by atoms with Crippen LogP contribution in [0.15, 0.2) is 36.4 Å². The van der Waals surface area contributed by atoms with Gasteiger partial charge in [0.15, 0.2) is 0 Å². The van der Waals surface area contributed by atoms with Crippen molar-refractivity contribution in [3.63, 3.8) is 0 Å². The highest BCUT2D eigenvalue weighted by molar-refractivity contribution is 6.25. The van der Waals surface area contributed by atoms with Crippen LogP contribution in [-0.2, 0) is 14.3 Å². The molecule has 1 unspecified atom stereocenters. The van der Waals surface area contributed by atoms with Crippen molar-refractivity contribution in [3.05, 3.63) is 53.3 Å². The second kappa shape index (κ2) is 11.2. The number of anilines is 2. The van der Waals surface area contributed by atoms with Crippen molar-refractivity contribution >= 4 is 47.4 Å². The average molecular weight is 533 g/mol. The van der Waals surface area contributed by atoms with Crippen molar-refractivity contribution in [1.29, 1.82) is 0 Å². The van der Waals surface area contributed by atoms with Crippen molar-refractivity contribution in [3.8, 4) is 5.75 Å². The van der Waals surface area contributed by atoms with Crippen LogP contribution in [-0.4, -0.2) is 78.9 Å². The first-order chi connectivity index (χ1) is 17.4. The lowest BCUT2D eigenvalue weighted by atomic mass is 10.0. The minimum atomic E-state index is -1.08. The fraction of sp³-hybridized carbons (Fsp3) is 0.360. The number of hydrogen-bond acceptors (Lipinski definition) is 8. The number of hydrogen-bond donors (Lipinski definition) is 2. The van der Waals surface area contributed by atoms with Gasteiger partial charge in [-0.3, -0.25) is 34.3 Å². The summed E-state index contributed by atoms with van der Waals surface area (Å²) < 4.78 is 25.9. The molecule has 0 aromatic heterocycles. The number of rotatable bonds is 7. The van der Waals surface area contributed by atoms with Gasteiger partial charge in [-0.25, -0.2) is 4.39 Å². The van der Waals surface area contributed by atoms with Gasteiger partial charge >= 0.3 is 0 Å². The summed E-state index contributed by atoms with van der Waals surface area (Å²) in [5.74, 6) is -2.64. The summed E-state index contributed by atoms with van der Waals surface area (Å²) in [7, 11) is 0. The van der Waals surface area contributed by atoms with Gasteiger partial charge in [-0.2, -0.15) is 0 Å².